The minimum atomic E-state index is -0.0629. The SMILES string of the molecule is O=c1cc(CN2CCCC(c3nncn3C3CC3)C2)nc2cc[nH]n12. The highest BCUT2D eigenvalue weighted by molar-refractivity contribution is 5.36. The van der Waals surface area contributed by atoms with Crippen molar-refractivity contribution in [3.05, 3.63) is 46.5 Å². The smallest absolute Gasteiger partial charge is 0.272 e. The molecule has 1 saturated heterocycles. The lowest BCUT2D eigenvalue weighted by molar-refractivity contribution is 0.192. The molecule has 0 spiro atoms. The van der Waals surface area contributed by atoms with Crippen LogP contribution in [0.4, 0.5) is 0 Å². The van der Waals surface area contributed by atoms with Crippen LogP contribution in [0.2, 0.25) is 0 Å². The Bertz CT molecular complexity index is 951. The summed E-state index contributed by atoms with van der Waals surface area (Å²) in [5, 5.41) is 11.4. The minimum Gasteiger partial charge on any atom is -0.314 e. The highest BCUT2D eigenvalue weighted by Gasteiger charge is 2.31. The van der Waals surface area contributed by atoms with E-state index in [1.165, 1.54) is 17.4 Å². The Morgan fingerprint density at radius 3 is 3.08 bits per heavy atom. The third kappa shape index (κ3) is 2.76. The summed E-state index contributed by atoms with van der Waals surface area (Å²) < 4.78 is 3.73. The van der Waals surface area contributed by atoms with Gasteiger partial charge in [-0.2, -0.15) is 0 Å². The third-order valence-corrected chi connectivity index (χ3v) is 5.23. The Kier molecular flexibility index (Phi) is 3.44. The number of rotatable bonds is 4. The van der Waals surface area contributed by atoms with Crippen molar-refractivity contribution < 1.29 is 0 Å². The standard InChI is InChI=1S/C17H21N7O/c25-16-8-13(20-15-5-6-19-24(15)16)10-22-7-1-2-12(9-22)17-21-18-11-23(17)14-3-4-14/h5-6,8,11-12,14,19H,1-4,7,9-10H2. The number of nitrogens with one attached hydrogen (secondary N) is 1. The number of hydrogen-bond acceptors (Lipinski definition) is 5. The van der Waals surface area contributed by atoms with E-state index in [1.807, 2.05) is 12.4 Å². The van der Waals surface area contributed by atoms with Gasteiger partial charge in [-0.15, -0.1) is 10.2 Å². The normalized spacial score (nSPS) is 21.8. The lowest BCUT2D eigenvalue weighted by Crippen LogP contribution is -2.35. The molecule has 2 fully saturated rings. The van der Waals surface area contributed by atoms with E-state index in [-0.39, 0.29) is 5.56 Å². The molecular weight excluding hydrogens is 318 g/mol. The largest absolute Gasteiger partial charge is 0.314 e. The molecule has 25 heavy (non-hydrogen) atoms. The van der Waals surface area contributed by atoms with Crippen LogP contribution in [0.3, 0.4) is 0 Å². The first-order valence-corrected chi connectivity index (χ1v) is 8.96. The van der Waals surface area contributed by atoms with Gasteiger partial charge in [-0.25, -0.2) is 9.50 Å². The van der Waals surface area contributed by atoms with Gasteiger partial charge < -0.3 is 4.57 Å². The maximum Gasteiger partial charge on any atom is 0.272 e. The average Bonchev–Trinajstić information content (AvgIpc) is 3.14. The van der Waals surface area contributed by atoms with Crippen LogP contribution >= 0.6 is 0 Å². The van der Waals surface area contributed by atoms with Crippen LogP contribution in [0.15, 0.2) is 29.5 Å². The summed E-state index contributed by atoms with van der Waals surface area (Å²) in [6.07, 6.45) is 8.38. The van der Waals surface area contributed by atoms with Gasteiger partial charge in [0.15, 0.2) is 5.65 Å². The van der Waals surface area contributed by atoms with Crippen LogP contribution < -0.4 is 5.56 Å². The van der Waals surface area contributed by atoms with Crippen molar-refractivity contribution in [3.63, 3.8) is 0 Å². The van der Waals surface area contributed by atoms with Crippen molar-refractivity contribution in [3.8, 4) is 0 Å². The van der Waals surface area contributed by atoms with Gasteiger partial charge in [0, 0.05) is 43.4 Å². The molecule has 8 nitrogen and oxygen atoms in total. The molecule has 8 heteroatoms. The Balaban J connectivity index is 1.35. The van der Waals surface area contributed by atoms with E-state index >= 15 is 0 Å². The van der Waals surface area contributed by atoms with Crippen molar-refractivity contribution >= 4 is 5.65 Å². The first-order valence-electron chi connectivity index (χ1n) is 8.96. The highest BCUT2D eigenvalue weighted by Crippen LogP contribution is 2.38. The summed E-state index contributed by atoms with van der Waals surface area (Å²) in [6.45, 7) is 2.67. The topological polar surface area (TPSA) is 84.1 Å². The zero-order valence-corrected chi connectivity index (χ0v) is 14.0. The third-order valence-electron chi connectivity index (χ3n) is 5.23. The summed E-state index contributed by atoms with van der Waals surface area (Å²) in [7, 11) is 0. The summed E-state index contributed by atoms with van der Waals surface area (Å²) in [6, 6.07) is 4.06. The summed E-state index contributed by atoms with van der Waals surface area (Å²) >= 11 is 0. The molecule has 0 radical (unpaired) electrons. The van der Waals surface area contributed by atoms with E-state index < -0.39 is 0 Å². The minimum absolute atomic E-state index is 0.0629. The molecule has 130 valence electrons. The lowest BCUT2D eigenvalue weighted by atomic mass is 9.97. The molecule has 0 bridgehead atoms. The van der Waals surface area contributed by atoms with Gasteiger partial charge in [0.2, 0.25) is 0 Å². The van der Waals surface area contributed by atoms with Crippen molar-refractivity contribution in [1.82, 2.24) is 34.3 Å². The molecule has 3 aromatic heterocycles. The number of likely N-dealkylation sites (tertiary alicyclic amines) is 1. The Morgan fingerprint density at radius 1 is 1.28 bits per heavy atom. The molecule has 1 aliphatic heterocycles. The second-order valence-electron chi connectivity index (χ2n) is 7.14. The zero-order chi connectivity index (χ0) is 16.8. The molecule has 1 N–H and O–H groups in total. The van der Waals surface area contributed by atoms with Crippen LogP contribution in [0, 0.1) is 0 Å². The van der Waals surface area contributed by atoms with Crippen molar-refractivity contribution in [1.29, 1.82) is 0 Å². The quantitative estimate of drug-likeness (QED) is 0.775. The predicted molar refractivity (Wildman–Crippen MR) is 91.4 cm³/mol. The number of piperidine rings is 1. The Hall–Kier alpha value is -2.48. The second-order valence-corrected chi connectivity index (χ2v) is 7.14. The maximum absolute atomic E-state index is 12.1. The van der Waals surface area contributed by atoms with E-state index in [2.05, 4.69) is 29.7 Å². The van der Waals surface area contributed by atoms with Gasteiger partial charge in [-0.3, -0.25) is 14.8 Å². The second kappa shape index (κ2) is 5.80. The van der Waals surface area contributed by atoms with E-state index in [4.69, 9.17) is 0 Å². The number of nitrogens with zero attached hydrogens (tertiary/aromatic N) is 6. The van der Waals surface area contributed by atoms with Gasteiger partial charge in [0.05, 0.1) is 5.69 Å². The summed E-state index contributed by atoms with van der Waals surface area (Å²) in [4.78, 5) is 19.1. The van der Waals surface area contributed by atoms with Gasteiger partial charge in [-0.1, -0.05) is 0 Å². The summed E-state index contributed by atoms with van der Waals surface area (Å²) in [5.41, 5.74) is 1.44. The predicted octanol–water partition coefficient (Wildman–Crippen LogP) is 1.33. The van der Waals surface area contributed by atoms with Gasteiger partial charge in [-0.05, 0) is 32.2 Å². The van der Waals surface area contributed by atoms with Gasteiger partial charge in [0.25, 0.3) is 5.56 Å². The highest BCUT2D eigenvalue weighted by atomic mass is 16.1. The first kappa shape index (κ1) is 14.8. The molecule has 1 saturated carbocycles. The fourth-order valence-electron chi connectivity index (χ4n) is 3.88. The lowest BCUT2D eigenvalue weighted by Gasteiger charge is -2.32. The zero-order valence-electron chi connectivity index (χ0n) is 14.0. The Morgan fingerprint density at radius 2 is 2.20 bits per heavy atom. The number of aromatic amines is 1. The molecule has 2 aliphatic rings. The van der Waals surface area contributed by atoms with E-state index in [1.54, 1.807) is 12.3 Å². The molecule has 5 rings (SSSR count). The maximum atomic E-state index is 12.1. The van der Waals surface area contributed by atoms with E-state index in [0.717, 1.165) is 37.4 Å². The molecule has 1 unspecified atom stereocenters. The molecule has 0 aromatic carbocycles. The van der Waals surface area contributed by atoms with Crippen molar-refractivity contribution in [2.75, 3.05) is 13.1 Å². The van der Waals surface area contributed by atoms with Crippen LogP contribution in [0.1, 0.15) is 49.2 Å². The molecule has 4 heterocycles. The van der Waals surface area contributed by atoms with E-state index in [9.17, 15) is 4.79 Å². The van der Waals surface area contributed by atoms with Gasteiger partial charge in [0.1, 0.15) is 12.2 Å². The van der Waals surface area contributed by atoms with Crippen molar-refractivity contribution in [2.24, 2.45) is 0 Å². The number of fused-ring (bicyclic) bond motifs is 1. The molecule has 3 aromatic rings. The van der Waals surface area contributed by atoms with E-state index in [0.29, 0.717) is 24.2 Å². The fraction of sp³-hybridized carbons (Fsp3) is 0.529. The number of aromatic nitrogens is 6. The van der Waals surface area contributed by atoms with Crippen LogP contribution in [-0.2, 0) is 6.54 Å². The van der Waals surface area contributed by atoms with Crippen LogP contribution in [-0.4, -0.2) is 47.4 Å². The number of H-pyrrole nitrogens is 1. The van der Waals surface area contributed by atoms with Crippen molar-refractivity contribution in [2.45, 2.75) is 44.2 Å². The number of hydrogen-bond donors (Lipinski definition) is 1. The average molecular weight is 339 g/mol. The van der Waals surface area contributed by atoms with Gasteiger partial charge >= 0.3 is 0 Å². The van der Waals surface area contributed by atoms with Crippen LogP contribution in [0.25, 0.3) is 5.65 Å². The molecule has 1 atom stereocenters. The van der Waals surface area contributed by atoms with Crippen LogP contribution in [0.5, 0.6) is 0 Å². The monoisotopic (exact) mass is 339 g/mol. The Labute approximate surface area is 144 Å². The summed E-state index contributed by atoms with van der Waals surface area (Å²) in [5.74, 6) is 1.54. The first-order chi connectivity index (χ1) is 12.3. The molecular formula is C17H21N7O. The molecule has 0 amide bonds. The molecule has 1 aliphatic carbocycles. The fourth-order valence-corrected chi connectivity index (χ4v) is 3.88.